The first kappa shape index (κ1) is 14.6. The SMILES string of the molecule is CN1CC[C@@]2(O)CCCC[C@@H]2[C@H]1c1ccc(Cl)c(Cl)c1. The second-order valence-corrected chi connectivity index (χ2v) is 7.12. The molecule has 4 heteroatoms. The molecule has 0 spiro atoms. The van der Waals surface area contributed by atoms with Crippen LogP contribution < -0.4 is 0 Å². The van der Waals surface area contributed by atoms with Gasteiger partial charge in [0.25, 0.3) is 0 Å². The molecule has 2 fully saturated rings. The van der Waals surface area contributed by atoms with E-state index in [0.29, 0.717) is 16.0 Å². The lowest BCUT2D eigenvalue weighted by Crippen LogP contribution is -2.53. The van der Waals surface area contributed by atoms with Crippen molar-refractivity contribution in [1.29, 1.82) is 0 Å². The zero-order valence-corrected chi connectivity index (χ0v) is 13.3. The predicted molar refractivity (Wildman–Crippen MR) is 83.4 cm³/mol. The molecule has 0 bridgehead atoms. The molecule has 1 aliphatic heterocycles. The number of likely N-dealkylation sites (tertiary alicyclic amines) is 1. The highest BCUT2D eigenvalue weighted by Gasteiger charge is 2.47. The van der Waals surface area contributed by atoms with Crippen LogP contribution in [0, 0.1) is 5.92 Å². The summed E-state index contributed by atoms with van der Waals surface area (Å²) in [4.78, 5) is 2.35. The normalized spacial score (nSPS) is 34.8. The first-order chi connectivity index (χ1) is 9.51. The standard InChI is InChI=1S/C16H21Cl2NO/c1-19-9-8-16(20)7-3-2-4-12(16)15(19)11-5-6-13(17)14(18)10-11/h5-6,10,12,15,20H,2-4,7-9H2,1H3/t12-,15-,16+/m1/s1. The Hall–Kier alpha value is -0.280. The summed E-state index contributed by atoms with van der Waals surface area (Å²) >= 11 is 12.2. The van der Waals surface area contributed by atoms with Gasteiger partial charge in [-0.15, -0.1) is 0 Å². The van der Waals surface area contributed by atoms with Crippen molar-refractivity contribution in [3.05, 3.63) is 33.8 Å². The summed E-state index contributed by atoms with van der Waals surface area (Å²) in [6, 6.07) is 6.12. The minimum Gasteiger partial charge on any atom is -0.389 e. The van der Waals surface area contributed by atoms with Crippen LogP contribution in [-0.2, 0) is 0 Å². The van der Waals surface area contributed by atoms with E-state index in [1.807, 2.05) is 12.1 Å². The minimum absolute atomic E-state index is 0.240. The van der Waals surface area contributed by atoms with Crippen molar-refractivity contribution < 1.29 is 5.11 Å². The highest BCUT2D eigenvalue weighted by molar-refractivity contribution is 6.42. The van der Waals surface area contributed by atoms with Gasteiger partial charge in [-0.05, 0) is 44.0 Å². The van der Waals surface area contributed by atoms with Crippen molar-refractivity contribution in [1.82, 2.24) is 4.90 Å². The van der Waals surface area contributed by atoms with E-state index < -0.39 is 5.60 Å². The van der Waals surface area contributed by atoms with Gasteiger partial charge in [0.2, 0.25) is 0 Å². The van der Waals surface area contributed by atoms with Crippen molar-refractivity contribution in [3.8, 4) is 0 Å². The van der Waals surface area contributed by atoms with E-state index in [1.165, 1.54) is 12.0 Å². The Morgan fingerprint density at radius 2 is 2.00 bits per heavy atom. The Morgan fingerprint density at radius 1 is 1.20 bits per heavy atom. The van der Waals surface area contributed by atoms with Gasteiger partial charge in [-0.2, -0.15) is 0 Å². The molecular weight excluding hydrogens is 293 g/mol. The molecule has 1 aromatic rings. The zero-order chi connectivity index (χ0) is 14.3. The summed E-state index contributed by atoms with van der Waals surface area (Å²) in [6.07, 6.45) is 5.25. The maximum absolute atomic E-state index is 11.0. The average molecular weight is 314 g/mol. The first-order valence-electron chi connectivity index (χ1n) is 7.39. The molecular formula is C16H21Cl2NO. The monoisotopic (exact) mass is 313 g/mol. The molecule has 1 saturated carbocycles. The Balaban J connectivity index is 1.97. The number of aliphatic hydroxyl groups is 1. The second kappa shape index (κ2) is 5.49. The predicted octanol–water partition coefficient (Wildman–Crippen LogP) is 4.29. The lowest BCUT2D eigenvalue weighted by atomic mass is 9.66. The van der Waals surface area contributed by atoms with Crippen LogP contribution >= 0.6 is 23.2 Å². The highest BCUT2D eigenvalue weighted by Crippen LogP contribution is 2.49. The third-order valence-electron chi connectivity index (χ3n) is 5.10. The molecule has 110 valence electrons. The van der Waals surface area contributed by atoms with Gasteiger partial charge >= 0.3 is 0 Å². The Morgan fingerprint density at radius 3 is 2.75 bits per heavy atom. The maximum Gasteiger partial charge on any atom is 0.0706 e. The van der Waals surface area contributed by atoms with Crippen LogP contribution in [0.25, 0.3) is 0 Å². The molecule has 2 aliphatic rings. The third kappa shape index (κ3) is 2.48. The van der Waals surface area contributed by atoms with Crippen LogP contribution in [0.4, 0.5) is 0 Å². The molecule has 1 N–H and O–H groups in total. The van der Waals surface area contributed by atoms with Crippen molar-refractivity contribution >= 4 is 23.2 Å². The molecule has 0 amide bonds. The number of hydrogen-bond donors (Lipinski definition) is 1. The average Bonchev–Trinajstić information content (AvgIpc) is 2.43. The number of piperidine rings is 1. The van der Waals surface area contributed by atoms with Gasteiger partial charge in [0.05, 0.1) is 15.6 Å². The third-order valence-corrected chi connectivity index (χ3v) is 5.84. The minimum atomic E-state index is -0.498. The molecule has 0 unspecified atom stereocenters. The Bertz CT molecular complexity index is 507. The molecule has 1 heterocycles. The van der Waals surface area contributed by atoms with Crippen LogP contribution in [0.15, 0.2) is 18.2 Å². The summed E-state index contributed by atoms with van der Waals surface area (Å²) in [6.45, 7) is 0.928. The van der Waals surface area contributed by atoms with Crippen LogP contribution in [0.1, 0.15) is 43.7 Å². The van der Waals surface area contributed by atoms with E-state index in [4.69, 9.17) is 23.2 Å². The summed E-state index contributed by atoms with van der Waals surface area (Å²) in [5, 5.41) is 12.2. The Labute approximate surface area is 130 Å². The molecule has 3 atom stereocenters. The van der Waals surface area contributed by atoms with Gasteiger partial charge in [-0.25, -0.2) is 0 Å². The van der Waals surface area contributed by atoms with Crippen molar-refractivity contribution in [2.24, 2.45) is 5.92 Å². The molecule has 2 nitrogen and oxygen atoms in total. The molecule has 1 aliphatic carbocycles. The molecule has 1 saturated heterocycles. The molecule has 3 rings (SSSR count). The number of hydrogen-bond acceptors (Lipinski definition) is 2. The molecule has 0 aromatic heterocycles. The summed E-state index contributed by atoms with van der Waals surface area (Å²) in [5.74, 6) is 0.298. The van der Waals surface area contributed by atoms with Gasteiger partial charge in [-0.3, -0.25) is 4.90 Å². The first-order valence-corrected chi connectivity index (χ1v) is 8.14. The summed E-state index contributed by atoms with van der Waals surface area (Å²) in [7, 11) is 2.14. The largest absolute Gasteiger partial charge is 0.389 e. The fourth-order valence-corrected chi connectivity index (χ4v) is 4.32. The number of halogens is 2. The lowest BCUT2D eigenvalue weighted by molar-refractivity contribution is -0.118. The fourth-order valence-electron chi connectivity index (χ4n) is 4.01. The number of nitrogens with zero attached hydrogens (tertiary/aromatic N) is 1. The van der Waals surface area contributed by atoms with E-state index in [0.717, 1.165) is 32.2 Å². The quantitative estimate of drug-likeness (QED) is 0.836. The summed E-state index contributed by atoms with van der Waals surface area (Å²) in [5.41, 5.74) is 0.675. The van der Waals surface area contributed by atoms with E-state index in [9.17, 15) is 5.11 Å². The van der Waals surface area contributed by atoms with Crippen LogP contribution in [0.3, 0.4) is 0 Å². The van der Waals surface area contributed by atoms with Crippen molar-refractivity contribution in [3.63, 3.8) is 0 Å². The summed E-state index contributed by atoms with van der Waals surface area (Å²) < 4.78 is 0. The molecule has 0 radical (unpaired) electrons. The van der Waals surface area contributed by atoms with E-state index in [1.54, 1.807) is 0 Å². The van der Waals surface area contributed by atoms with Crippen molar-refractivity contribution in [2.75, 3.05) is 13.6 Å². The lowest BCUT2D eigenvalue weighted by Gasteiger charge is -2.51. The van der Waals surface area contributed by atoms with E-state index >= 15 is 0 Å². The van der Waals surface area contributed by atoms with Crippen LogP contribution in [0.2, 0.25) is 10.0 Å². The number of fused-ring (bicyclic) bond motifs is 1. The van der Waals surface area contributed by atoms with Crippen LogP contribution in [0.5, 0.6) is 0 Å². The second-order valence-electron chi connectivity index (χ2n) is 6.30. The Kier molecular flexibility index (Phi) is 4.02. The number of benzene rings is 1. The number of rotatable bonds is 1. The van der Waals surface area contributed by atoms with Crippen LogP contribution in [-0.4, -0.2) is 29.2 Å². The topological polar surface area (TPSA) is 23.5 Å². The van der Waals surface area contributed by atoms with E-state index in [-0.39, 0.29) is 6.04 Å². The fraction of sp³-hybridized carbons (Fsp3) is 0.625. The van der Waals surface area contributed by atoms with Gasteiger partial charge in [0.15, 0.2) is 0 Å². The van der Waals surface area contributed by atoms with Gasteiger partial charge in [0.1, 0.15) is 0 Å². The van der Waals surface area contributed by atoms with Gasteiger partial charge in [-0.1, -0.05) is 42.1 Å². The van der Waals surface area contributed by atoms with Gasteiger partial charge in [0, 0.05) is 18.5 Å². The van der Waals surface area contributed by atoms with Gasteiger partial charge < -0.3 is 5.11 Å². The molecule has 20 heavy (non-hydrogen) atoms. The van der Waals surface area contributed by atoms with E-state index in [2.05, 4.69) is 18.0 Å². The van der Waals surface area contributed by atoms with Crippen molar-refractivity contribution in [2.45, 2.75) is 43.7 Å². The maximum atomic E-state index is 11.0. The highest BCUT2D eigenvalue weighted by atomic mass is 35.5. The zero-order valence-electron chi connectivity index (χ0n) is 11.8. The smallest absolute Gasteiger partial charge is 0.0706 e. The molecule has 1 aromatic carbocycles.